The highest BCUT2D eigenvalue weighted by Crippen LogP contribution is 2.44. The van der Waals surface area contributed by atoms with Crippen LogP contribution in [-0.2, 0) is 0 Å². The Balaban J connectivity index is 2.01. The van der Waals surface area contributed by atoms with Crippen molar-refractivity contribution < 1.29 is 13.2 Å². The van der Waals surface area contributed by atoms with Gasteiger partial charge in [0.25, 0.3) is 0 Å². The highest BCUT2D eigenvalue weighted by atomic mass is 32.2. The Hall–Kier alpha value is -1.46. The van der Waals surface area contributed by atoms with E-state index in [1.807, 2.05) is 12.1 Å². The van der Waals surface area contributed by atoms with Gasteiger partial charge in [-0.15, -0.1) is 0 Å². The van der Waals surface area contributed by atoms with Crippen LogP contribution in [0.25, 0.3) is 15.0 Å². The number of rotatable bonds is 2. The molecule has 0 N–H and O–H groups in total. The van der Waals surface area contributed by atoms with Gasteiger partial charge in [0.05, 0.1) is 0 Å². The van der Waals surface area contributed by atoms with Crippen LogP contribution in [0.2, 0.25) is 0 Å². The second kappa shape index (κ2) is 5.39. The van der Waals surface area contributed by atoms with E-state index in [-0.39, 0.29) is 27.1 Å². The molecule has 2 aromatic carbocycles. The first-order valence-corrected chi connectivity index (χ1v) is 8.35. The monoisotopic (exact) mass is 325 g/mol. The fourth-order valence-electron chi connectivity index (χ4n) is 2.33. The molecule has 21 heavy (non-hydrogen) atoms. The number of aryl methyl sites for hydroxylation is 1. The number of alkyl halides is 3. The molecule has 3 rings (SSSR count). The Morgan fingerprint density at radius 3 is 2.29 bits per heavy atom. The normalized spacial score (nSPS) is 12.9. The Kier molecular flexibility index (Phi) is 3.71. The fraction of sp³-hybridized carbons (Fsp3) is 0.125. The smallest absolute Gasteiger partial charge is 0.160 e. The van der Waals surface area contributed by atoms with E-state index in [0.29, 0.717) is 0 Å². The van der Waals surface area contributed by atoms with Crippen molar-refractivity contribution >= 4 is 32.3 Å². The molecule has 0 saturated carbocycles. The van der Waals surface area contributed by atoms with Crippen LogP contribution in [0.4, 0.5) is 13.2 Å². The molecule has 0 fully saturated rings. The Bertz CT molecular complexity index is 770. The molecule has 0 bridgehead atoms. The van der Waals surface area contributed by atoms with Gasteiger partial charge in [-0.25, -0.2) is 0 Å². The number of benzene rings is 2. The van der Waals surface area contributed by atoms with Gasteiger partial charge in [0, 0.05) is 33.7 Å². The van der Waals surface area contributed by atoms with E-state index < -0.39 is 5.51 Å². The van der Waals surface area contributed by atoms with Gasteiger partial charge in [-0.2, -0.15) is 13.2 Å². The minimum absolute atomic E-state index is 0.0731. The Morgan fingerprint density at radius 2 is 1.62 bits per heavy atom. The van der Waals surface area contributed by atoms with Crippen molar-refractivity contribution in [2.45, 2.75) is 17.3 Å². The van der Waals surface area contributed by atoms with Crippen LogP contribution in [0.3, 0.4) is 0 Å². The lowest BCUT2D eigenvalue weighted by Gasteiger charge is -2.04. The number of thiophene rings is 1. The minimum atomic E-state index is -4.24. The highest BCUT2D eigenvalue weighted by Gasteiger charge is 2.29. The summed E-state index contributed by atoms with van der Waals surface area (Å²) in [6.45, 7) is 2.07. The van der Waals surface area contributed by atoms with E-state index in [1.54, 1.807) is 24.3 Å². The van der Waals surface area contributed by atoms with Gasteiger partial charge in [-0.05, 0) is 48.2 Å². The van der Waals surface area contributed by atoms with Crippen LogP contribution in [0.1, 0.15) is 4.88 Å². The average molecular weight is 325 g/mol. The zero-order chi connectivity index (χ0) is 15.0. The quantitative estimate of drug-likeness (QED) is 0.383. The van der Waals surface area contributed by atoms with Gasteiger partial charge in [-0.1, -0.05) is 12.1 Å². The first kappa shape index (κ1) is 14.5. The standard InChI is InChI=1S/C16H12F3S2/c1-11-10-12-4-2-3-5-15(12)21(11)14-8-6-13(7-9-14)20-16(17,18)19/h2-10H,1H3/q+1. The first-order valence-electron chi connectivity index (χ1n) is 6.31. The second-order valence-electron chi connectivity index (χ2n) is 4.62. The van der Waals surface area contributed by atoms with E-state index in [2.05, 4.69) is 25.1 Å². The summed E-state index contributed by atoms with van der Waals surface area (Å²) in [5.41, 5.74) is -4.24. The third-order valence-corrected chi connectivity index (χ3v) is 6.17. The third-order valence-electron chi connectivity index (χ3n) is 3.11. The predicted molar refractivity (Wildman–Crippen MR) is 84.4 cm³/mol. The second-order valence-corrected chi connectivity index (χ2v) is 7.92. The van der Waals surface area contributed by atoms with Crippen molar-refractivity contribution in [3.05, 3.63) is 59.5 Å². The summed E-state index contributed by atoms with van der Waals surface area (Å²) in [5.74, 6) is 0. The maximum Gasteiger partial charge on any atom is 0.446 e. The van der Waals surface area contributed by atoms with Crippen LogP contribution in [0.5, 0.6) is 0 Å². The third kappa shape index (κ3) is 3.09. The molecule has 3 aromatic rings. The Labute approximate surface area is 127 Å². The van der Waals surface area contributed by atoms with Gasteiger partial charge >= 0.3 is 5.51 Å². The number of halogens is 3. The average Bonchev–Trinajstić information content (AvgIpc) is 2.74. The maximum atomic E-state index is 12.4. The molecule has 108 valence electrons. The van der Waals surface area contributed by atoms with E-state index in [4.69, 9.17) is 0 Å². The minimum Gasteiger partial charge on any atom is -0.160 e. The van der Waals surface area contributed by atoms with Crippen molar-refractivity contribution in [2.75, 3.05) is 0 Å². The summed E-state index contributed by atoms with van der Waals surface area (Å²) in [5, 5.41) is 1.20. The molecular formula is C16H12F3S2+. The van der Waals surface area contributed by atoms with Gasteiger partial charge < -0.3 is 0 Å². The van der Waals surface area contributed by atoms with Crippen molar-refractivity contribution in [1.29, 1.82) is 0 Å². The molecule has 0 aliphatic rings. The molecule has 0 aliphatic carbocycles. The number of thioether (sulfide) groups is 1. The van der Waals surface area contributed by atoms with Crippen LogP contribution < -0.4 is 0 Å². The molecule has 5 heteroatoms. The summed E-state index contributed by atoms with van der Waals surface area (Å²) in [4.78, 5) is 2.52. The summed E-state index contributed by atoms with van der Waals surface area (Å²) in [6.07, 6.45) is 0. The summed E-state index contributed by atoms with van der Waals surface area (Å²) >= 11 is -0.0731. The predicted octanol–water partition coefficient (Wildman–Crippen LogP) is 6.50. The molecule has 0 spiro atoms. The van der Waals surface area contributed by atoms with Crippen LogP contribution in [0, 0.1) is 6.92 Å². The molecule has 0 saturated heterocycles. The van der Waals surface area contributed by atoms with Gasteiger partial charge in [0.15, 0.2) is 14.5 Å². The molecular weight excluding hydrogens is 313 g/mol. The Morgan fingerprint density at radius 1 is 0.952 bits per heavy atom. The molecule has 1 aromatic heterocycles. The van der Waals surface area contributed by atoms with E-state index in [0.717, 1.165) is 4.90 Å². The number of fused-ring (bicyclic) bond motifs is 1. The van der Waals surface area contributed by atoms with E-state index >= 15 is 0 Å². The molecule has 1 atom stereocenters. The zero-order valence-corrected chi connectivity index (χ0v) is 12.8. The highest BCUT2D eigenvalue weighted by molar-refractivity contribution is 8.00. The largest absolute Gasteiger partial charge is 0.446 e. The first-order chi connectivity index (χ1) is 9.94. The number of hydrogen-bond donors (Lipinski definition) is 0. The van der Waals surface area contributed by atoms with Crippen molar-refractivity contribution in [3.63, 3.8) is 0 Å². The van der Waals surface area contributed by atoms with Crippen LogP contribution >= 0.6 is 22.2 Å². The molecule has 1 heterocycles. The summed E-state index contributed by atoms with van der Waals surface area (Å²) in [7, 11) is -0.171. The van der Waals surface area contributed by atoms with E-state index in [9.17, 15) is 13.2 Å². The molecule has 0 nitrogen and oxygen atoms in total. The fourth-order valence-corrected chi connectivity index (χ4v) is 5.07. The van der Waals surface area contributed by atoms with E-state index in [1.165, 1.54) is 15.0 Å². The SMILES string of the molecule is Cc1cc2ccccc2[s+]1-c1ccc(SC(F)(F)F)cc1. The van der Waals surface area contributed by atoms with Gasteiger partial charge in [-0.3, -0.25) is 0 Å². The van der Waals surface area contributed by atoms with Crippen molar-refractivity contribution in [2.24, 2.45) is 0 Å². The van der Waals surface area contributed by atoms with Crippen LogP contribution in [0.15, 0.2) is 59.5 Å². The molecule has 1 unspecified atom stereocenters. The zero-order valence-electron chi connectivity index (χ0n) is 11.1. The van der Waals surface area contributed by atoms with Gasteiger partial charge in [0.2, 0.25) is 0 Å². The summed E-state index contributed by atoms with van der Waals surface area (Å²) < 4.78 is 38.3. The lowest BCUT2D eigenvalue weighted by molar-refractivity contribution is -0.0328. The van der Waals surface area contributed by atoms with Crippen LogP contribution in [-0.4, -0.2) is 5.51 Å². The topological polar surface area (TPSA) is 0 Å². The lowest BCUT2D eigenvalue weighted by Crippen LogP contribution is -1.98. The van der Waals surface area contributed by atoms with Gasteiger partial charge in [0.1, 0.15) is 0 Å². The maximum absolute atomic E-state index is 12.4. The molecule has 0 aliphatic heterocycles. The van der Waals surface area contributed by atoms with Crippen molar-refractivity contribution in [1.82, 2.24) is 0 Å². The number of hydrogen-bond acceptors (Lipinski definition) is 1. The van der Waals surface area contributed by atoms with Crippen molar-refractivity contribution in [3.8, 4) is 4.90 Å². The lowest BCUT2D eigenvalue weighted by atomic mass is 10.2. The molecule has 0 radical (unpaired) electrons. The molecule has 0 amide bonds. The summed E-state index contributed by atoms with van der Waals surface area (Å²) in [6, 6.07) is 17.0.